The number of amides is 2. The summed E-state index contributed by atoms with van der Waals surface area (Å²) in [5.41, 5.74) is 3.37. The number of anilines is 3. The van der Waals surface area contributed by atoms with Gasteiger partial charge in [-0.1, -0.05) is 45.0 Å². The molecule has 0 radical (unpaired) electrons. The van der Waals surface area contributed by atoms with Gasteiger partial charge in [-0.25, -0.2) is 17.9 Å². The van der Waals surface area contributed by atoms with Gasteiger partial charge >= 0.3 is 6.03 Å². The van der Waals surface area contributed by atoms with E-state index in [2.05, 4.69) is 65.5 Å². The van der Waals surface area contributed by atoms with Crippen LogP contribution in [0.1, 0.15) is 31.9 Å². The molecule has 1 heterocycles. The molecule has 3 aromatic rings. The van der Waals surface area contributed by atoms with E-state index in [9.17, 15) is 13.2 Å². The van der Waals surface area contributed by atoms with E-state index in [1.807, 2.05) is 0 Å². The quantitative estimate of drug-likeness (QED) is 0.532. The van der Waals surface area contributed by atoms with Crippen molar-refractivity contribution in [1.29, 1.82) is 0 Å². The minimum absolute atomic E-state index is 0.0914. The Balaban J connectivity index is 1.61. The maximum Gasteiger partial charge on any atom is 0.324 e. The van der Waals surface area contributed by atoms with Crippen LogP contribution in [0, 0.1) is 0 Å². The first-order chi connectivity index (χ1) is 14.5. The summed E-state index contributed by atoms with van der Waals surface area (Å²) in [6.45, 7) is 7.04. The normalized spacial score (nSPS) is 11.7. The fourth-order valence-corrected chi connectivity index (χ4v) is 3.53. The number of nitrogens with zero attached hydrogens (tertiary/aromatic N) is 2. The summed E-state index contributed by atoms with van der Waals surface area (Å²) in [5.74, 6) is 0.563. The first kappa shape index (κ1) is 22.4. The SMILES string of the molecule is CC(C)(C)c1ccc(Cn2nccc2NC(=O)Nc2ccc(NS(C)(=O)=O)cc2)cc1. The van der Waals surface area contributed by atoms with Crippen LogP contribution in [0.2, 0.25) is 0 Å². The third-order valence-corrected chi connectivity index (χ3v) is 5.16. The monoisotopic (exact) mass is 441 g/mol. The lowest BCUT2D eigenvalue weighted by atomic mass is 9.87. The van der Waals surface area contributed by atoms with Crippen LogP contribution >= 0.6 is 0 Å². The number of carbonyl (C=O) groups is 1. The van der Waals surface area contributed by atoms with Crippen molar-refractivity contribution in [2.75, 3.05) is 21.6 Å². The van der Waals surface area contributed by atoms with Crippen molar-refractivity contribution < 1.29 is 13.2 Å². The van der Waals surface area contributed by atoms with Crippen molar-refractivity contribution in [2.45, 2.75) is 32.7 Å². The van der Waals surface area contributed by atoms with Crippen LogP contribution in [0.25, 0.3) is 0 Å². The Kier molecular flexibility index (Phi) is 6.35. The van der Waals surface area contributed by atoms with Gasteiger partial charge in [0.1, 0.15) is 5.82 Å². The second-order valence-corrected chi connectivity index (χ2v) is 10.1. The highest BCUT2D eigenvalue weighted by molar-refractivity contribution is 7.92. The van der Waals surface area contributed by atoms with Gasteiger partial charge in [-0.05, 0) is 40.8 Å². The summed E-state index contributed by atoms with van der Waals surface area (Å²) in [7, 11) is -3.35. The smallest absolute Gasteiger partial charge is 0.308 e. The molecule has 0 bridgehead atoms. The van der Waals surface area contributed by atoms with E-state index >= 15 is 0 Å². The molecule has 0 saturated carbocycles. The molecule has 0 unspecified atom stereocenters. The Bertz CT molecular complexity index is 1150. The standard InChI is InChI=1S/C22H27N5O3S/c1-22(2,3)17-7-5-16(6-8-17)15-27-20(13-14-23-27)25-21(28)24-18-9-11-19(12-10-18)26-31(4,29)30/h5-14,26H,15H2,1-4H3,(H2,24,25,28). The number of rotatable bonds is 6. The summed E-state index contributed by atoms with van der Waals surface area (Å²) >= 11 is 0. The van der Waals surface area contributed by atoms with Gasteiger partial charge in [-0.3, -0.25) is 10.0 Å². The maximum absolute atomic E-state index is 12.4. The van der Waals surface area contributed by atoms with Crippen LogP contribution < -0.4 is 15.4 Å². The average Bonchev–Trinajstić information content (AvgIpc) is 3.08. The summed E-state index contributed by atoms with van der Waals surface area (Å²) < 4.78 is 26.6. The van der Waals surface area contributed by atoms with Gasteiger partial charge in [-0.2, -0.15) is 5.10 Å². The number of sulfonamides is 1. The highest BCUT2D eigenvalue weighted by atomic mass is 32.2. The Labute approximate surface area is 182 Å². The third kappa shape index (κ3) is 6.58. The van der Waals surface area contributed by atoms with E-state index in [0.29, 0.717) is 23.7 Å². The number of hydrogen-bond donors (Lipinski definition) is 3. The minimum atomic E-state index is -3.35. The molecule has 0 atom stereocenters. The van der Waals surface area contributed by atoms with Gasteiger partial charge in [0.2, 0.25) is 10.0 Å². The fourth-order valence-electron chi connectivity index (χ4n) is 2.96. The molecule has 3 N–H and O–H groups in total. The fraction of sp³-hybridized carbons (Fsp3) is 0.273. The Morgan fingerprint density at radius 2 is 1.55 bits per heavy atom. The van der Waals surface area contributed by atoms with E-state index < -0.39 is 16.1 Å². The number of carbonyl (C=O) groups excluding carboxylic acids is 1. The predicted octanol–water partition coefficient (Wildman–Crippen LogP) is 4.24. The van der Waals surface area contributed by atoms with Crippen LogP contribution in [-0.2, 0) is 22.0 Å². The van der Waals surface area contributed by atoms with Gasteiger partial charge in [0.05, 0.1) is 19.0 Å². The third-order valence-electron chi connectivity index (χ3n) is 4.56. The molecule has 0 spiro atoms. The van der Waals surface area contributed by atoms with Crippen molar-refractivity contribution >= 4 is 33.2 Å². The molecule has 2 aromatic carbocycles. The van der Waals surface area contributed by atoms with E-state index in [1.54, 1.807) is 41.2 Å². The van der Waals surface area contributed by atoms with Crippen molar-refractivity contribution in [1.82, 2.24) is 9.78 Å². The number of aromatic nitrogens is 2. The van der Waals surface area contributed by atoms with Gasteiger partial charge in [0.25, 0.3) is 0 Å². The maximum atomic E-state index is 12.4. The summed E-state index contributed by atoms with van der Waals surface area (Å²) in [6.07, 6.45) is 2.71. The van der Waals surface area contributed by atoms with Gasteiger partial charge < -0.3 is 5.32 Å². The number of benzene rings is 2. The molecule has 1 aromatic heterocycles. The molecule has 0 aliphatic carbocycles. The van der Waals surface area contributed by atoms with Crippen LogP contribution in [-0.4, -0.2) is 30.5 Å². The topological polar surface area (TPSA) is 105 Å². The Hall–Kier alpha value is -3.33. The second kappa shape index (κ2) is 8.81. The average molecular weight is 442 g/mol. The van der Waals surface area contributed by atoms with Gasteiger partial charge in [0, 0.05) is 17.4 Å². The highest BCUT2D eigenvalue weighted by Gasteiger charge is 2.13. The summed E-state index contributed by atoms with van der Waals surface area (Å²) in [5, 5.41) is 9.80. The van der Waals surface area contributed by atoms with E-state index in [0.717, 1.165) is 11.8 Å². The van der Waals surface area contributed by atoms with Crippen LogP contribution in [0.5, 0.6) is 0 Å². The lowest BCUT2D eigenvalue weighted by Crippen LogP contribution is -2.22. The Morgan fingerprint density at radius 1 is 0.935 bits per heavy atom. The lowest BCUT2D eigenvalue weighted by molar-refractivity contribution is 0.262. The predicted molar refractivity (Wildman–Crippen MR) is 124 cm³/mol. The first-order valence-electron chi connectivity index (χ1n) is 9.77. The first-order valence-corrected chi connectivity index (χ1v) is 11.7. The summed E-state index contributed by atoms with van der Waals surface area (Å²) in [4.78, 5) is 12.4. The van der Waals surface area contributed by atoms with Gasteiger partial charge in [0.15, 0.2) is 0 Å². The molecule has 31 heavy (non-hydrogen) atoms. The summed E-state index contributed by atoms with van der Waals surface area (Å²) in [6, 6.07) is 16.0. The number of nitrogens with one attached hydrogen (secondary N) is 3. The second-order valence-electron chi connectivity index (χ2n) is 8.35. The van der Waals surface area contributed by atoms with Gasteiger partial charge in [-0.15, -0.1) is 0 Å². The lowest BCUT2D eigenvalue weighted by Gasteiger charge is -2.19. The van der Waals surface area contributed by atoms with Crippen LogP contribution in [0.15, 0.2) is 60.8 Å². The van der Waals surface area contributed by atoms with E-state index in [4.69, 9.17) is 0 Å². The van der Waals surface area contributed by atoms with Crippen molar-refractivity contribution in [3.05, 3.63) is 71.9 Å². The zero-order valence-corrected chi connectivity index (χ0v) is 18.8. The van der Waals surface area contributed by atoms with Crippen molar-refractivity contribution in [3.8, 4) is 0 Å². The zero-order valence-electron chi connectivity index (χ0n) is 18.0. The van der Waals surface area contributed by atoms with Crippen LogP contribution in [0.3, 0.4) is 0 Å². The molecule has 9 heteroatoms. The largest absolute Gasteiger partial charge is 0.324 e. The molecule has 2 amide bonds. The molecule has 0 aliphatic rings. The molecule has 0 aliphatic heterocycles. The number of urea groups is 1. The molecule has 3 rings (SSSR count). The zero-order chi connectivity index (χ0) is 22.6. The minimum Gasteiger partial charge on any atom is -0.308 e. The van der Waals surface area contributed by atoms with E-state index in [1.165, 1.54) is 5.56 Å². The molecule has 0 fully saturated rings. The van der Waals surface area contributed by atoms with Crippen LogP contribution in [0.4, 0.5) is 22.0 Å². The number of hydrogen-bond acceptors (Lipinski definition) is 4. The Morgan fingerprint density at radius 3 is 2.13 bits per heavy atom. The molecule has 8 nitrogen and oxygen atoms in total. The van der Waals surface area contributed by atoms with Crippen molar-refractivity contribution in [3.63, 3.8) is 0 Å². The highest BCUT2D eigenvalue weighted by Crippen LogP contribution is 2.23. The molecular formula is C22H27N5O3S. The van der Waals surface area contributed by atoms with E-state index in [-0.39, 0.29) is 5.41 Å². The molecular weight excluding hydrogens is 414 g/mol. The van der Waals surface area contributed by atoms with Crippen molar-refractivity contribution in [2.24, 2.45) is 0 Å². The molecule has 164 valence electrons. The molecule has 0 saturated heterocycles.